The Labute approximate surface area is 344 Å². The summed E-state index contributed by atoms with van der Waals surface area (Å²) < 4.78 is 33.4. The van der Waals surface area contributed by atoms with Crippen molar-refractivity contribution in [2.75, 3.05) is 33.0 Å². The van der Waals surface area contributed by atoms with Crippen LogP contribution in [0.15, 0.2) is 36.5 Å². The Hall–Kier alpha value is -1.32. The quantitative estimate of drug-likeness (QED) is 0.0238. The van der Waals surface area contributed by atoms with Crippen LogP contribution in [0.5, 0.6) is 0 Å². The minimum absolute atomic E-state index is 0.0450. The number of rotatable bonds is 44. The van der Waals surface area contributed by atoms with Crippen LogP contribution in [0.2, 0.25) is 0 Å². The molecule has 0 rings (SSSR count). The van der Waals surface area contributed by atoms with Crippen LogP contribution in [0.4, 0.5) is 0 Å². The van der Waals surface area contributed by atoms with Crippen LogP contribution in [0.3, 0.4) is 0 Å². The van der Waals surface area contributed by atoms with E-state index in [2.05, 4.69) is 50.3 Å². The van der Waals surface area contributed by atoms with E-state index in [0.717, 1.165) is 64.2 Å². The number of hydrogen-bond acceptors (Lipinski definition) is 8. The van der Waals surface area contributed by atoms with Crippen LogP contribution >= 0.6 is 7.82 Å². The number of esters is 1. The molecule has 0 fully saturated rings. The molecule has 56 heavy (non-hydrogen) atoms. The van der Waals surface area contributed by atoms with Crippen LogP contribution in [-0.4, -0.2) is 66.3 Å². The first-order chi connectivity index (χ1) is 27.3. The van der Waals surface area contributed by atoms with E-state index in [-0.39, 0.29) is 19.6 Å². The number of unbranched alkanes of at least 4 members (excludes halogenated alkanes) is 24. The maximum Gasteiger partial charge on any atom is 0.472 e. The maximum atomic E-state index is 12.6. The van der Waals surface area contributed by atoms with Crippen molar-refractivity contribution in [1.82, 2.24) is 0 Å². The first-order valence-corrected chi connectivity index (χ1v) is 24.5. The zero-order valence-corrected chi connectivity index (χ0v) is 37.0. The van der Waals surface area contributed by atoms with Gasteiger partial charge in [-0.1, -0.05) is 192 Å². The molecule has 0 spiro atoms. The smallest absolute Gasteiger partial charge is 0.457 e. The highest BCUT2D eigenvalue weighted by Gasteiger charge is 2.26. The molecule has 0 heterocycles. The highest BCUT2D eigenvalue weighted by atomic mass is 31.2. The van der Waals surface area contributed by atoms with Gasteiger partial charge in [0.1, 0.15) is 12.2 Å². The summed E-state index contributed by atoms with van der Waals surface area (Å²) in [5.74, 6) is -0.397. The minimum Gasteiger partial charge on any atom is -0.457 e. The van der Waals surface area contributed by atoms with E-state index in [9.17, 15) is 19.4 Å². The van der Waals surface area contributed by atoms with Gasteiger partial charge in [0.2, 0.25) is 0 Å². The van der Waals surface area contributed by atoms with Gasteiger partial charge in [0.15, 0.2) is 0 Å². The SMILES string of the molecule is CC/C=C\C/C=C\C/C=C\CCCCCCCC(=O)OC(COCCCCCCCCCCCCCCCCCCCCCC)COP(=O)(O)OCC(O)CO. The van der Waals surface area contributed by atoms with Crippen molar-refractivity contribution in [3.8, 4) is 0 Å². The molecule has 0 bridgehead atoms. The molecule has 3 unspecified atom stereocenters. The Kier molecular flexibility index (Phi) is 42.2. The van der Waals surface area contributed by atoms with Gasteiger partial charge in [-0.05, 0) is 44.9 Å². The lowest BCUT2D eigenvalue weighted by molar-refractivity contribution is -0.154. The fourth-order valence-corrected chi connectivity index (χ4v) is 7.16. The molecular formula is C46H87O9P. The van der Waals surface area contributed by atoms with Gasteiger partial charge in [-0.2, -0.15) is 0 Å². The monoisotopic (exact) mass is 815 g/mol. The second-order valence-corrected chi connectivity index (χ2v) is 16.9. The molecule has 0 saturated carbocycles. The summed E-state index contributed by atoms with van der Waals surface area (Å²) in [4.78, 5) is 22.6. The van der Waals surface area contributed by atoms with Crippen LogP contribution < -0.4 is 0 Å². The summed E-state index contributed by atoms with van der Waals surface area (Å²) in [6, 6.07) is 0. The highest BCUT2D eigenvalue weighted by molar-refractivity contribution is 7.47. The summed E-state index contributed by atoms with van der Waals surface area (Å²) in [7, 11) is -4.52. The number of hydrogen-bond donors (Lipinski definition) is 3. The Morgan fingerprint density at radius 3 is 1.54 bits per heavy atom. The molecule has 0 saturated heterocycles. The predicted molar refractivity (Wildman–Crippen MR) is 233 cm³/mol. The summed E-state index contributed by atoms with van der Waals surface area (Å²) in [5, 5.41) is 18.4. The van der Waals surface area contributed by atoms with Crippen LogP contribution in [0.25, 0.3) is 0 Å². The molecule has 0 aromatic carbocycles. The Bertz CT molecular complexity index is 970. The Balaban J connectivity index is 4.11. The number of carbonyl (C=O) groups is 1. The van der Waals surface area contributed by atoms with Crippen molar-refractivity contribution >= 4 is 13.8 Å². The van der Waals surface area contributed by atoms with Gasteiger partial charge in [-0.3, -0.25) is 13.8 Å². The van der Waals surface area contributed by atoms with Crippen molar-refractivity contribution in [1.29, 1.82) is 0 Å². The van der Waals surface area contributed by atoms with Gasteiger partial charge in [-0.25, -0.2) is 4.57 Å². The number of aliphatic hydroxyl groups is 2. The van der Waals surface area contributed by atoms with Gasteiger partial charge >= 0.3 is 13.8 Å². The normalized spacial score (nSPS) is 14.3. The molecule has 10 heteroatoms. The van der Waals surface area contributed by atoms with E-state index in [1.54, 1.807) is 0 Å². The van der Waals surface area contributed by atoms with E-state index in [1.807, 2.05) is 0 Å². The molecule has 0 aromatic heterocycles. The lowest BCUT2D eigenvalue weighted by atomic mass is 10.0. The number of allylic oxidation sites excluding steroid dienone is 6. The summed E-state index contributed by atoms with van der Waals surface area (Å²) in [5.41, 5.74) is 0. The standard InChI is InChI=1S/C46H87O9P/c1-3-5-7-9-11-13-15-17-19-20-21-22-23-25-27-29-31-33-35-37-39-52-42-45(43-54-56(50,51)53-41-44(48)40-47)55-46(49)38-36-34-32-30-28-26-24-18-16-14-12-10-8-6-4-2/h6,8,12,14,18,24,44-45,47-48H,3-5,7,9-11,13,15-17,19-23,25-43H2,1-2H3,(H,50,51)/b8-6-,14-12-,24-18-. The topological polar surface area (TPSA) is 132 Å². The van der Waals surface area contributed by atoms with Crippen molar-refractivity contribution < 1.29 is 43.0 Å². The fourth-order valence-electron chi connectivity index (χ4n) is 6.37. The third-order valence-electron chi connectivity index (χ3n) is 9.84. The van der Waals surface area contributed by atoms with E-state index in [1.165, 1.54) is 116 Å². The molecular weight excluding hydrogens is 727 g/mol. The first kappa shape index (κ1) is 54.7. The van der Waals surface area contributed by atoms with Gasteiger partial charge in [-0.15, -0.1) is 0 Å². The molecule has 0 aliphatic carbocycles. The van der Waals surface area contributed by atoms with Gasteiger partial charge < -0.3 is 24.6 Å². The second kappa shape index (κ2) is 43.3. The summed E-state index contributed by atoms with van der Waals surface area (Å²) >= 11 is 0. The average molecular weight is 815 g/mol. The zero-order valence-electron chi connectivity index (χ0n) is 36.1. The molecule has 0 radical (unpaired) electrons. The Morgan fingerprint density at radius 1 is 0.571 bits per heavy atom. The summed E-state index contributed by atoms with van der Waals surface area (Å²) in [6.45, 7) is 3.41. The molecule has 0 amide bonds. The molecule has 3 N–H and O–H groups in total. The number of phosphoric acid groups is 1. The minimum atomic E-state index is -4.52. The van der Waals surface area contributed by atoms with Crippen molar-refractivity contribution in [2.24, 2.45) is 0 Å². The lowest BCUT2D eigenvalue weighted by Gasteiger charge is -2.20. The van der Waals surface area contributed by atoms with E-state index < -0.39 is 39.2 Å². The number of carbonyl (C=O) groups excluding carboxylic acids is 1. The first-order valence-electron chi connectivity index (χ1n) is 23.0. The molecule has 0 aromatic rings. The average Bonchev–Trinajstić information content (AvgIpc) is 3.19. The largest absolute Gasteiger partial charge is 0.472 e. The van der Waals surface area contributed by atoms with Crippen LogP contribution in [0, 0.1) is 0 Å². The van der Waals surface area contributed by atoms with Crippen molar-refractivity contribution in [2.45, 2.75) is 219 Å². The second-order valence-electron chi connectivity index (χ2n) is 15.4. The number of phosphoric ester groups is 1. The van der Waals surface area contributed by atoms with Crippen LogP contribution in [0.1, 0.15) is 206 Å². The fraction of sp³-hybridized carbons (Fsp3) is 0.848. The zero-order chi connectivity index (χ0) is 41.1. The molecule has 0 aliphatic rings. The summed E-state index contributed by atoms with van der Waals surface area (Å²) in [6.07, 6.45) is 46.8. The van der Waals surface area contributed by atoms with Crippen molar-refractivity contribution in [3.63, 3.8) is 0 Å². The third-order valence-corrected chi connectivity index (χ3v) is 10.8. The van der Waals surface area contributed by atoms with E-state index in [4.69, 9.17) is 23.6 Å². The van der Waals surface area contributed by atoms with Crippen molar-refractivity contribution in [3.05, 3.63) is 36.5 Å². The van der Waals surface area contributed by atoms with Gasteiger partial charge in [0.05, 0.1) is 26.4 Å². The molecule has 3 atom stereocenters. The highest BCUT2D eigenvalue weighted by Crippen LogP contribution is 2.43. The van der Waals surface area contributed by atoms with Gasteiger partial charge in [0.25, 0.3) is 0 Å². The van der Waals surface area contributed by atoms with E-state index in [0.29, 0.717) is 13.0 Å². The molecule has 9 nitrogen and oxygen atoms in total. The van der Waals surface area contributed by atoms with Crippen LogP contribution in [-0.2, 0) is 27.9 Å². The molecule has 0 aliphatic heterocycles. The number of aliphatic hydroxyl groups excluding tert-OH is 2. The van der Waals surface area contributed by atoms with E-state index >= 15 is 0 Å². The maximum absolute atomic E-state index is 12.6. The predicted octanol–water partition coefficient (Wildman–Crippen LogP) is 12.8. The number of ether oxygens (including phenoxy) is 2. The Morgan fingerprint density at radius 2 is 1.02 bits per heavy atom. The lowest BCUT2D eigenvalue weighted by Crippen LogP contribution is -2.29. The molecule has 330 valence electrons. The van der Waals surface area contributed by atoms with Gasteiger partial charge in [0, 0.05) is 13.0 Å². The third kappa shape index (κ3) is 42.3.